The molecule has 1 unspecified atom stereocenters. The van der Waals surface area contributed by atoms with Crippen LogP contribution in [0.4, 0.5) is 5.69 Å². The first-order chi connectivity index (χ1) is 21.9. The van der Waals surface area contributed by atoms with Gasteiger partial charge >= 0.3 is 11.9 Å². The second-order valence-electron chi connectivity index (χ2n) is 11.4. The molecule has 1 fully saturated rings. The summed E-state index contributed by atoms with van der Waals surface area (Å²) in [6.45, 7) is 0.575. The first kappa shape index (κ1) is 31.3. The number of para-hydroxylation sites is 1. The number of rotatable bonds is 11. The Morgan fingerprint density at radius 1 is 0.800 bits per heavy atom. The summed E-state index contributed by atoms with van der Waals surface area (Å²) in [5.41, 5.74) is 3.49. The minimum atomic E-state index is -1.44. The first-order valence-corrected chi connectivity index (χ1v) is 15.4. The number of carbonyl (C=O) groups is 3. The fourth-order valence-corrected chi connectivity index (χ4v) is 5.90. The van der Waals surface area contributed by atoms with Crippen molar-refractivity contribution in [2.24, 2.45) is 5.92 Å². The molecule has 1 aliphatic rings. The molecule has 5 rings (SSSR count). The Bertz CT molecular complexity index is 1580. The number of nitrogens with zero attached hydrogens (tertiary/aromatic N) is 1. The highest BCUT2D eigenvalue weighted by atomic mass is 16.5. The average molecular weight is 603 g/mol. The number of carboxylic acid groups (broad SMARTS) is 1. The van der Waals surface area contributed by atoms with E-state index in [2.05, 4.69) is 5.32 Å². The molecule has 1 aliphatic carbocycles. The van der Waals surface area contributed by atoms with E-state index in [4.69, 9.17) is 4.74 Å². The van der Waals surface area contributed by atoms with Gasteiger partial charge in [0.1, 0.15) is 11.5 Å². The number of aliphatic carboxylic acids is 1. The molecule has 0 heterocycles. The molecule has 0 aliphatic heterocycles. The van der Waals surface area contributed by atoms with Gasteiger partial charge in [-0.25, -0.2) is 4.79 Å². The Morgan fingerprint density at radius 2 is 1.42 bits per heavy atom. The van der Waals surface area contributed by atoms with Gasteiger partial charge in [-0.15, -0.1) is 0 Å². The maximum atomic E-state index is 12.8. The zero-order valence-electron chi connectivity index (χ0n) is 25.2. The number of ether oxygens (including phenoxy) is 1. The van der Waals surface area contributed by atoms with Crippen LogP contribution in [-0.4, -0.2) is 34.3 Å². The van der Waals surface area contributed by atoms with Crippen LogP contribution in [0.25, 0.3) is 6.08 Å². The zero-order chi connectivity index (χ0) is 31.4. The normalized spacial score (nSPS) is 14.0. The van der Waals surface area contributed by atoms with Crippen LogP contribution in [0.1, 0.15) is 54.7 Å². The lowest BCUT2D eigenvalue weighted by Gasteiger charge is -2.34. The molecule has 2 N–H and O–H groups in total. The number of nitrogens with one attached hydrogen (secondary N) is 1. The quantitative estimate of drug-likeness (QED) is 0.134. The van der Waals surface area contributed by atoms with Crippen molar-refractivity contribution in [3.05, 3.63) is 132 Å². The minimum Gasteiger partial charge on any atom is -0.474 e. The summed E-state index contributed by atoms with van der Waals surface area (Å²) in [7, 11) is 0. The van der Waals surface area contributed by atoms with Gasteiger partial charge in [0.25, 0.3) is 0 Å². The lowest BCUT2D eigenvalue weighted by Crippen LogP contribution is -2.40. The molecule has 0 aromatic heterocycles. The summed E-state index contributed by atoms with van der Waals surface area (Å²) in [5.74, 6) is -0.794. The van der Waals surface area contributed by atoms with Crippen molar-refractivity contribution in [2.75, 3.05) is 11.9 Å². The van der Waals surface area contributed by atoms with Gasteiger partial charge in [0, 0.05) is 30.8 Å². The first-order valence-electron chi connectivity index (χ1n) is 15.4. The standard InChI is InChI=1S/C38H38N2O5/c41-36(39-32-21-23-34(24-22-32)45-33-14-8-3-9-15-33)25-18-28-16-19-31(20-17-28)35(30-12-6-2-7-13-30)27-40(37(42)38(43)44)26-29-10-4-1-5-11-29/h1,3-5,8-11,14-25,30,35H,2,6-7,12-13,26-27H2,(H,39,41)(H,43,44). The fraction of sp³-hybridized carbons (Fsp3) is 0.237. The summed E-state index contributed by atoms with van der Waals surface area (Å²) in [6, 6.07) is 34.2. The molecular formula is C38H38N2O5. The van der Waals surface area contributed by atoms with Crippen molar-refractivity contribution < 1.29 is 24.2 Å². The lowest BCUT2D eigenvalue weighted by molar-refractivity contribution is -0.156. The third kappa shape index (κ3) is 9.16. The van der Waals surface area contributed by atoms with E-state index in [1.165, 1.54) is 17.4 Å². The van der Waals surface area contributed by atoms with E-state index >= 15 is 0 Å². The molecule has 0 radical (unpaired) electrons. The number of hydrogen-bond donors (Lipinski definition) is 2. The molecule has 0 spiro atoms. The van der Waals surface area contributed by atoms with Crippen molar-refractivity contribution in [1.29, 1.82) is 0 Å². The van der Waals surface area contributed by atoms with Crippen LogP contribution in [0, 0.1) is 5.92 Å². The average Bonchev–Trinajstić information content (AvgIpc) is 3.08. The second kappa shape index (κ2) is 15.5. The minimum absolute atomic E-state index is 0.00693. The van der Waals surface area contributed by atoms with Gasteiger partial charge in [0.05, 0.1) is 0 Å². The number of amides is 2. The van der Waals surface area contributed by atoms with Crippen molar-refractivity contribution >= 4 is 29.5 Å². The van der Waals surface area contributed by atoms with Crippen LogP contribution in [0.5, 0.6) is 11.5 Å². The summed E-state index contributed by atoms with van der Waals surface area (Å²) < 4.78 is 5.81. The van der Waals surface area contributed by atoms with Crippen LogP contribution in [0.2, 0.25) is 0 Å². The van der Waals surface area contributed by atoms with E-state index in [-0.39, 0.29) is 18.4 Å². The van der Waals surface area contributed by atoms with Gasteiger partial charge in [-0.1, -0.05) is 92.1 Å². The van der Waals surface area contributed by atoms with Crippen LogP contribution >= 0.6 is 0 Å². The molecular weight excluding hydrogens is 564 g/mol. The van der Waals surface area contributed by atoms with E-state index in [1.807, 2.05) is 84.9 Å². The van der Waals surface area contributed by atoms with Gasteiger partial charge in [-0.3, -0.25) is 9.59 Å². The van der Waals surface area contributed by atoms with Crippen LogP contribution in [-0.2, 0) is 20.9 Å². The molecule has 1 saturated carbocycles. The molecule has 45 heavy (non-hydrogen) atoms. The Morgan fingerprint density at radius 3 is 2.07 bits per heavy atom. The van der Waals surface area contributed by atoms with Crippen LogP contribution in [0.3, 0.4) is 0 Å². The van der Waals surface area contributed by atoms with E-state index in [9.17, 15) is 19.5 Å². The van der Waals surface area contributed by atoms with E-state index in [0.717, 1.165) is 48.1 Å². The number of carbonyl (C=O) groups excluding carboxylic acids is 2. The van der Waals surface area contributed by atoms with Crippen LogP contribution in [0.15, 0.2) is 115 Å². The molecule has 1 atom stereocenters. The zero-order valence-corrected chi connectivity index (χ0v) is 25.2. The summed E-state index contributed by atoms with van der Waals surface area (Å²) >= 11 is 0. The highest BCUT2D eigenvalue weighted by molar-refractivity contribution is 6.31. The van der Waals surface area contributed by atoms with Gasteiger partial charge < -0.3 is 20.1 Å². The van der Waals surface area contributed by atoms with Crippen molar-refractivity contribution in [2.45, 2.75) is 44.6 Å². The van der Waals surface area contributed by atoms with Gasteiger partial charge in [-0.2, -0.15) is 0 Å². The molecule has 4 aromatic carbocycles. The summed E-state index contributed by atoms with van der Waals surface area (Å²) in [4.78, 5) is 38.6. The third-order valence-electron chi connectivity index (χ3n) is 8.21. The Hall–Kier alpha value is -5.17. The molecule has 2 amide bonds. The highest BCUT2D eigenvalue weighted by Crippen LogP contribution is 2.37. The SMILES string of the molecule is O=C(C=Cc1ccc(C(CN(Cc2ccccc2)C(=O)C(=O)O)C2CCCCC2)cc1)Nc1ccc(Oc2ccccc2)cc1. The van der Waals surface area contributed by atoms with Gasteiger partial charge in [0.2, 0.25) is 5.91 Å². The monoisotopic (exact) mass is 602 g/mol. The number of anilines is 1. The number of carboxylic acids is 1. The van der Waals surface area contributed by atoms with E-state index in [0.29, 0.717) is 23.9 Å². The highest BCUT2D eigenvalue weighted by Gasteiger charge is 2.30. The van der Waals surface area contributed by atoms with Gasteiger partial charge in [0.15, 0.2) is 0 Å². The van der Waals surface area contributed by atoms with Crippen molar-refractivity contribution in [3.8, 4) is 11.5 Å². The Balaban J connectivity index is 1.24. The van der Waals surface area contributed by atoms with E-state index in [1.54, 1.807) is 30.3 Å². The molecule has 7 nitrogen and oxygen atoms in total. The molecule has 7 heteroatoms. The fourth-order valence-electron chi connectivity index (χ4n) is 5.90. The molecule has 4 aromatic rings. The predicted octanol–water partition coefficient (Wildman–Crippen LogP) is 7.91. The largest absolute Gasteiger partial charge is 0.474 e. The van der Waals surface area contributed by atoms with Crippen molar-refractivity contribution in [3.63, 3.8) is 0 Å². The number of hydrogen-bond acceptors (Lipinski definition) is 4. The maximum Gasteiger partial charge on any atom is 0.394 e. The third-order valence-corrected chi connectivity index (χ3v) is 8.21. The number of benzene rings is 4. The Labute approximate surface area is 264 Å². The summed E-state index contributed by atoms with van der Waals surface area (Å²) in [5, 5.41) is 12.5. The van der Waals surface area contributed by atoms with Crippen molar-refractivity contribution in [1.82, 2.24) is 4.90 Å². The predicted molar refractivity (Wildman–Crippen MR) is 176 cm³/mol. The molecule has 0 bridgehead atoms. The molecule has 230 valence electrons. The smallest absolute Gasteiger partial charge is 0.394 e. The lowest BCUT2D eigenvalue weighted by atomic mass is 9.76. The van der Waals surface area contributed by atoms with Crippen LogP contribution < -0.4 is 10.1 Å². The Kier molecular flexibility index (Phi) is 10.8. The van der Waals surface area contributed by atoms with E-state index < -0.39 is 11.9 Å². The van der Waals surface area contributed by atoms with Gasteiger partial charge in [-0.05, 0) is 77.9 Å². The summed E-state index contributed by atoms with van der Waals surface area (Å²) in [6.07, 6.45) is 8.81. The topological polar surface area (TPSA) is 95.9 Å². The second-order valence-corrected chi connectivity index (χ2v) is 11.4. The molecule has 0 saturated heterocycles. The maximum absolute atomic E-state index is 12.8.